The Morgan fingerprint density at radius 1 is 1.26 bits per heavy atom. The number of hydrogen-bond acceptors (Lipinski definition) is 3. The lowest BCUT2D eigenvalue weighted by molar-refractivity contribution is 0.228. The van der Waals surface area contributed by atoms with Crippen molar-refractivity contribution in [1.82, 2.24) is 14.9 Å². The second-order valence-electron chi connectivity index (χ2n) is 6.09. The normalized spacial score (nSPS) is 18.3. The van der Waals surface area contributed by atoms with E-state index in [4.69, 9.17) is 0 Å². The molecule has 6 nitrogen and oxygen atoms in total. The number of rotatable bonds is 5. The number of nitrogens with one attached hydrogen (secondary N) is 2. The summed E-state index contributed by atoms with van der Waals surface area (Å²) in [6.45, 7) is 3.59. The van der Waals surface area contributed by atoms with Crippen LogP contribution in [0.5, 0.6) is 0 Å². The van der Waals surface area contributed by atoms with Crippen molar-refractivity contribution >= 4 is 16.1 Å². The topological polar surface area (TPSA) is 78.5 Å². The molecule has 23 heavy (non-hydrogen) atoms. The highest BCUT2D eigenvalue weighted by Crippen LogP contribution is 2.18. The summed E-state index contributed by atoms with van der Waals surface area (Å²) in [5, 5.41) is 5.80. The lowest BCUT2D eigenvalue weighted by Crippen LogP contribution is -2.43. The van der Waals surface area contributed by atoms with E-state index in [-0.39, 0.29) is 12.1 Å². The molecule has 0 radical (unpaired) electrons. The number of carbonyl (C=O) groups is 1. The molecule has 2 N–H and O–H groups in total. The van der Waals surface area contributed by atoms with Crippen molar-refractivity contribution in [2.45, 2.75) is 25.8 Å². The molecule has 7 heteroatoms. The molecule has 1 aliphatic heterocycles. The van der Waals surface area contributed by atoms with Crippen molar-refractivity contribution in [1.29, 1.82) is 0 Å². The number of urea groups is 1. The molecule has 1 unspecified atom stereocenters. The van der Waals surface area contributed by atoms with E-state index < -0.39 is 10.0 Å². The minimum atomic E-state index is -3.09. The van der Waals surface area contributed by atoms with E-state index >= 15 is 0 Å². The van der Waals surface area contributed by atoms with Gasteiger partial charge in [0.2, 0.25) is 10.0 Å². The fourth-order valence-corrected chi connectivity index (χ4v) is 3.63. The number of hydrogen-bond donors (Lipinski definition) is 2. The third kappa shape index (κ3) is 5.51. The Hall–Kier alpha value is -1.60. The molecule has 0 aromatic heterocycles. The fourth-order valence-electron chi connectivity index (χ4n) is 2.75. The van der Waals surface area contributed by atoms with Gasteiger partial charge in [-0.1, -0.05) is 30.3 Å². The molecule has 0 bridgehead atoms. The van der Waals surface area contributed by atoms with E-state index in [0.29, 0.717) is 25.6 Å². The van der Waals surface area contributed by atoms with Crippen LogP contribution in [0.25, 0.3) is 0 Å². The first-order valence-corrected chi connectivity index (χ1v) is 9.75. The lowest BCUT2D eigenvalue weighted by Gasteiger charge is -2.30. The molecule has 1 heterocycles. The second kappa shape index (κ2) is 7.79. The standard InChI is InChI=1S/C16H25N3O3S/c1-13(15-6-4-3-5-7-15)18-16(20)17-12-14-8-10-19(11-9-14)23(2,21)22/h3-7,13-14H,8-12H2,1-2H3,(H2,17,18,20). The van der Waals surface area contributed by atoms with Gasteiger partial charge in [-0.2, -0.15) is 0 Å². The third-order valence-corrected chi connectivity index (χ3v) is 5.54. The fraction of sp³-hybridized carbons (Fsp3) is 0.562. The van der Waals surface area contributed by atoms with Crippen molar-refractivity contribution in [2.75, 3.05) is 25.9 Å². The number of sulfonamides is 1. The molecule has 1 aliphatic rings. The number of carbonyl (C=O) groups excluding carboxylic acids is 1. The maximum Gasteiger partial charge on any atom is 0.315 e. The largest absolute Gasteiger partial charge is 0.338 e. The van der Waals surface area contributed by atoms with Gasteiger partial charge >= 0.3 is 6.03 Å². The van der Waals surface area contributed by atoms with E-state index in [1.807, 2.05) is 37.3 Å². The molecule has 1 atom stereocenters. The molecule has 2 amide bonds. The van der Waals surface area contributed by atoms with Crippen molar-refractivity contribution < 1.29 is 13.2 Å². The quantitative estimate of drug-likeness (QED) is 0.857. The van der Waals surface area contributed by atoms with E-state index in [1.165, 1.54) is 10.6 Å². The summed E-state index contributed by atoms with van der Waals surface area (Å²) in [5.41, 5.74) is 1.06. The van der Waals surface area contributed by atoms with Gasteiger partial charge in [0.25, 0.3) is 0 Å². The van der Waals surface area contributed by atoms with Crippen LogP contribution in [-0.2, 0) is 10.0 Å². The Morgan fingerprint density at radius 2 is 1.87 bits per heavy atom. The Kier molecular flexibility index (Phi) is 6.01. The Morgan fingerprint density at radius 3 is 2.43 bits per heavy atom. The van der Waals surface area contributed by atoms with Gasteiger partial charge in [0.05, 0.1) is 12.3 Å². The van der Waals surface area contributed by atoms with Crippen LogP contribution in [0.15, 0.2) is 30.3 Å². The number of piperidine rings is 1. The van der Waals surface area contributed by atoms with E-state index in [1.54, 1.807) is 0 Å². The zero-order valence-corrected chi connectivity index (χ0v) is 14.5. The van der Waals surface area contributed by atoms with Crippen molar-refractivity contribution in [3.8, 4) is 0 Å². The first-order chi connectivity index (χ1) is 10.9. The van der Waals surface area contributed by atoms with Crippen LogP contribution in [0.2, 0.25) is 0 Å². The summed E-state index contributed by atoms with van der Waals surface area (Å²) in [6, 6.07) is 9.55. The molecule has 1 fully saturated rings. The lowest BCUT2D eigenvalue weighted by atomic mass is 9.98. The monoisotopic (exact) mass is 339 g/mol. The molecule has 2 rings (SSSR count). The second-order valence-corrected chi connectivity index (χ2v) is 8.07. The molecule has 0 aliphatic carbocycles. The maximum atomic E-state index is 12.0. The summed E-state index contributed by atoms with van der Waals surface area (Å²) < 4.78 is 24.4. The summed E-state index contributed by atoms with van der Waals surface area (Å²) in [5.74, 6) is 0.325. The van der Waals surface area contributed by atoms with Crippen molar-refractivity contribution in [3.05, 3.63) is 35.9 Å². The van der Waals surface area contributed by atoms with E-state index in [2.05, 4.69) is 10.6 Å². The molecule has 1 saturated heterocycles. The molecule has 128 valence electrons. The Labute approximate surface area is 138 Å². The predicted octanol–water partition coefficient (Wildman–Crippen LogP) is 1.72. The van der Waals surface area contributed by atoms with Gasteiger partial charge in [0.1, 0.15) is 0 Å². The highest BCUT2D eigenvalue weighted by molar-refractivity contribution is 7.88. The summed E-state index contributed by atoms with van der Waals surface area (Å²) in [4.78, 5) is 12.0. The summed E-state index contributed by atoms with van der Waals surface area (Å²) in [7, 11) is -3.09. The van der Waals surface area contributed by atoms with Crippen LogP contribution in [0, 0.1) is 5.92 Å². The van der Waals surface area contributed by atoms with Gasteiger partial charge in [-0.15, -0.1) is 0 Å². The number of benzene rings is 1. The predicted molar refractivity (Wildman–Crippen MR) is 90.5 cm³/mol. The minimum Gasteiger partial charge on any atom is -0.338 e. The zero-order chi connectivity index (χ0) is 16.9. The first-order valence-electron chi connectivity index (χ1n) is 7.90. The minimum absolute atomic E-state index is 0.0525. The van der Waals surface area contributed by atoms with E-state index in [0.717, 1.165) is 18.4 Å². The Balaban J connectivity index is 1.71. The number of amides is 2. The SMILES string of the molecule is CC(NC(=O)NCC1CCN(S(C)(=O)=O)CC1)c1ccccc1. The molecular weight excluding hydrogens is 314 g/mol. The zero-order valence-electron chi connectivity index (χ0n) is 13.7. The van der Waals surface area contributed by atoms with Crippen molar-refractivity contribution in [3.63, 3.8) is 0 Å². The van der Waals surface area contributed by atoms with Crippen LogP contribution in [-0.4, -0.2) is 44.6 Å². The Bertz CT molecular complexity index is 611. The van der Waals surface area contributed by atoms with Gasteiger partial charge in [-0.05, 0) is 31.2 Å². The maximum absolute atomic E-state index is 12.0. The van der Waals surface area contributed by atoms with Crippen LogP contribution in [0.3, 0.4) is 0 Å². The molecule has 0 spiro atoms. The molecular formula is C16H25N3O3S. The smallest absolute Gasteiger partial charge is 0.315 e. The molecule has 0 saturated carbocycles. The average Bonchev–Trinajstić information content (AvgIpc) is 2.53. The highest BCUT2D eigenvalue weighted by Gasteiger charge is 2.25. The van der Waals surface area contributed by atoms with Crippen LogP contribution in [0.1, 0.15) is 31.4 Å². The highest BCUT2D eigenvalue weighted by atomic mass is 32.2. The average molecular weight is 339 g/mol. The molecule has 1 aromatic rings. The van der Waals surface area contributed by atoms with E-state index in [9.17, 15) is 13.2 Å². The first kappa shape index (κ1) is 17.7. The van der Waals surface area contributed by atoms with Crippen LogP contribution in [0.4, 0.5) is 4.79 Å². The van der Waals surface area contributed by atoms with Crippen LogP contribution >= 0.6 is 0 Å². The van der Waals surface area contributed by atoms with Crippen molar-refractivity contribution in [2.24, 2.45) is 5.92 Å². The van der Waals surface area contributed by atoms with Gasteiger partial charge in [0.15, 0.2) is 0 Å². The third-order valence-electron chi connectivity index (χ3n) is 4.24. The van der Waals surface area contributed by atoms with Gasteiger partial charge in [-0.3, -0.25) is 0 Å². The summed E-state index contributed by atoms with van der Waals surface area (Å²) >= 11 is 0. The molecule has 1 aromatic carbocycles. The number of nitrogens with zero attached hydrogens (tertiary/aromatic N) is 1. The van der Waals surface area contributed by atoms with Gasteiger partial charge in [-0.25, -0.2) is 17.5 Å². The summed E-state index contributed by atoms with van der Waals surface area (Å²) in [6.07, 6.45) is 2.80. The van der Waals surface area contributed by atoms with Gasteiger partial charge < -0.3 is 10.6 Å². The van der Waals surface area contributed by atoms with Crippen LogP contribution < -0.4 is 10.6 Å². The van der Waals surface area contributed by atoms with Gasteiger partial charge in [0, 0.05) is 19.6 Å².